The zero-order chi connectivity index (χ0) is 15.3. The fourth-order valence-corrected chi connectivity index (χ4v) is 1.59. The third-order valence-electron chi connectivity index (χ3n) is 2.67. The van der Waals surface area contributed by atoms with Crippen LogP contribution in [0.3, 0.4) is 0 Å². The van der Waals surface area contributed by atoms with Crippen molar-refractivity contribution in [2.24, 2.45) is 0 Å². The van der Waals surface area contributed by atoms with E-state index < -0.39 is 11.9 Å². The van der Waals surface area contributed by atoms with Crippen molar-refractivity contribution in [3.8, 4) is 6.07 Å². The van der Waals surface area contributed by atoms with Crippen molar-refractivity contribution in [3.63, 3.8) is 0 Å². The summed E-state index contributed by atoms with van der Waals surface area (Å²) in [6, 6.07) is 5.75. The number of benzene rings is 1. The number of nitriles is 1. The van der Waals surface area contributed by atoms with Crippen LogP contribution < -0.4 is 10.6 Å². The second-order valence-electron chi connectivity index (χ2n) is 5.76. The van der Waals surface area contributed by atoms with Crippen molar-refractivity contribution >= 4 is 5.91 Å². The molecule has 1 unspecified atom stereocenters. The number of halogens is 1. The Bertz CT molecular complexity index is 529. The molecule has 20 heavy (non-hydrogen) atoms. The Morgan fingerprint density at radius 3 is 2.60 bits per heavy atom. The molecule has 0 spiro atoms. The fraction of sp³-hybridized carbons (Fsp3) is 0.467. The molecule has 108 valence electrons. The number of nitrogens with one attached hydrogen (secondary N) is 2. The SMILES string of the molecule is CC(NCc1ccc(C#N)cc1F)C(=O)NC(C)(C)C. The van der Waals surface area contributed by atoms with Gasteiger partial charge in [0, 0.05) is 17.6 Å². The zero-order valence-corrected chi connectivity index (χ0v) is 12.2. The summed E-state index contributed by atoms with van der Waals surface area (Å²) in [4.78, 5) is 11.9. The van der Waals surface area contributed by atoms with Crippen molar-refractivity contribution in [2.75, 3.05) is 0 Å². The Kier molecular flexibility index (Phi) is 5.23. The van der Waals surface area contributed by atoms with E-state index >= 15 is 0 Å². The van der Waals surface area contributed by atoms with Gasteiger partial charge in [-0.2, -0.15) is 5.26 Å². The topological polar surface area (TPSA) is 64.9 Å². The van der Waals surface area contributed by atoms with E-state index in [1.165, 1.54) is 6.07 Å². The first-order valence-corrected chi connectivity index (χ1v) is 6.47. The van der Waals surface area contributed by atoms with Crippen LogP contribution in [0, 0.1) is 17.1 Å². The molecule has 5 heteroatoms. The van der Waals surface area contributed by atoms with Gasteiger partial charge in [-0.25, -0.2) is 4.39 Å². The first-order valence-electron chi connectivity index (χ1n) is 6.47. The van der Waals surface area contributed by atoms with Gasteiger partial charge in [-0.1, -0.05) is 6.07 Å². The number of rotatable bonds is 4. The lowest BCUT2D eigenvalue weighted by Gasteiger charge is -2.23. The van der Waals surface area contributed by atoms with Crippen LogP contribution in [0.1, 0.15) is 38.8 Å². The number of hydrogen-bond acceptors (Lipinski definition) is 3. The number of carbonyl (C=O) groups is 1. The molecule has 4 nitrogen and oxygen atoms in total. The molecule has 0 aliphatic carbocycles. The fourth-order valence-electron chi connectivity index (χ4n) is 1.59. The molecule has 0 radical (unpaired) electrons. The molecule has 1 rings (SSSR count). The zero-order valence-electron chi connectivity index (χ0n) is 12.2. The molecule has 0 aliphatic rings. The Balaban J connectivity index is 2.59. The molecule has 0 bridgehead atoms. The second kappa shape index (κ2) is 6.49. The predicted octanol–water partition coefficient (Wildman–Crippen LogP) is 2.09. The van der Waals surface area contributed by atoms with E-state index in [1.54, 1.807) is 19.1 Å². The molecule has 1 aromatic rings. The average molecular weight is 277 g/mol. The number of nitrogens with zero attached hydrogens (tertiary/aromatic N) is 1. The maximum atomic E-state index is 13.7. The third-order valence-corrected chi connectivity index (χ3v) is 2.67. The summed E-state index contributed by atoms with van der Waals surface area (Å²) in [6.07, 6.45) is 0. The second-order valence-corrected chi connectivity index (χ2v) is 5.76. The predicted molar refractivity (Wildman–Crippen MR) is 75.3 cm³/mol. The first-order chi connectivity index (χ1) is 9.23. The van der Waals surface area contributed by atoms with Gasteiger partial charge in [0.1, 0.15) is 5.82 Å². The summed E-state index contributed by atoms with van der Waals surface area (Å²) in [7, 11) is 0. The van der Waals surface area contributed by atoms with Crippen LogP contribution in [0.15, 0.2) is 18.2 Å². The molecule has 1 aromatic carbocycles. The summed E-state index contributed by atoms with van der Waals surface area (Å²) in [5.74, 6) is -0.577. The van der Waals surface area contributed by atoms with Gasteiger partial charge in [0.2, 0.25) is 5.91 Å². The monoisotopic (exact) mass is 277 g/mol. The van der Waals surface area contributed by atoms with E-state index in [1.807, 2.05) is 26.8 Å². The standard InChI is InChI=1S/C15H20FN3O/c1-10(14(20)19-15(2,3)4)18-9-12-6-5-11(8-17)7-13(12)16/h5-7,10,18H,9H2,1-4H3,(H,19,20). The van der Waals surface area contributed by atoms with Crippen LogP contribution in [0.2, 0.25) is 0 Å². The lowest BCUT2D eigenvalue weighted by Crippen LogP contribution is -2.49. The van der Waals surface area contributed by atoms with Gasteiger partial charge in [-0.05, 0) is 39.8 Å². The Hall–Kier alpha value is -1.93. The van der Waals surface area contributed by atoms with Crippen LogP contribution in [0.25, 0.3) is 0 Å². The normalized spacial score (nSPS) is 12.6. The number of amides is 1. The minimum Gasteiger partial charge on any atom is -0.350 e. The van der Waals surface area contributed by atoms with E-state index in [0.29, 0.717) is 5.56 Å². The lowest BCUT2D eigenvalue weighted by atomic mass is 10.1. The average Bonchev–Trinajstić information content (AvgIpc) is 2.34. The minimum absolute atomic E-state index is 0.133. The van der Waals surface area contributed by atoms with Crippen LogP contribution in [0.5, 0.6) is 0 Å². The molecule has 1 amide bonds. The molecule has 0 saturated heterocycles. The molecule has 0 saturated carbocycles. The third kappa shape index (κ3) is 4.98. The van der Waals surface area contributed by atoms with E-state index in [4.69, 9.17) is 5.26 Å². The highest BCUT2D eigenvalue weighted by Gasteiger charge is 2.19. The molecule has 0 heterocycles. The summed E-state index contributed by atoms with van der Waals surface area (Å²) in [5, 5.41) is 14.5. The number of hydrogen-bond donors (Lipinski definition) is 2. The van der Waals surface area contributed by atoms with Gasteiger partial charge in [0.05, 0.1) is 17.7 Å². The van der Waals surface area contributed by atoms with Gasteiger partial charge < -0.3 is 10.6 Å². The molecule has 1 atom stereocenters. The van der Waals surface area contributed by atoms with Crippen LogP contribution in [0.4, 0.5) is 4.39 Å². The largest absolute Gasteiger partial charge is 0.350 e. The summed E-state index contributed by atoms with van der Waals surface area (Å²) < 4.78 is 13.7. The number of carbonyl (C=O) groups excluding carboxylic acids is 1. The maximum absolute atomic E-state index is 13.7. The Morgan fingerprint density at radius 1 is 1.45 bits per heavy atom. The van der Waals surface area contributed by atoms with Crippen molar-refractivity contribution in [1.29, 1.82) is 5.26 Å². The van der Waals surface area contributed by atoms with Crippen LogP contribution >= 0.6 is 0 Å². The van der Waals surface area contributed by atoms with Crippen molar-refractivity contribution in [1.82, 2.24) is 10.6 Å². The van der Waals surface area contributed by atoms with E-state index in [-0.39, 0.29) is 23.6 Å². The van der Waals surface area contributed by atoms with Gasteiger partial charge in [-0.15, -0.1) is 0 Å². The molecule has 2 N–H and O–H groups in total. The smallest absolute Gasteiger partial charge is 0.237 e. The van der Waals surface area contributed by atoms with Crippen molar-refractivity contribution in [2.45, 2.75) is 45.8 Å². The molecule has 0 aliphatic heterocycles. The summed E-state index contributed by atoms with van der Waals surface area (Å²) >= 11 is 0. The van der Waals surface area contributed by atoms with E-state index in [0.717, 1.165) is 0 Å². The molecular weight excluding hydrogens is 257 g/mol. The van der Waals surface area contributed by atoms with E-state index in [2.05, 4.69) is 10.6 Å². The quantitative estimate of drug-likeness (QED) is 0.885. The molecular formula is C15H20FN3O. The lowest BCUT2D eigenvalue weighted by molar-refractivity contribution is -0.124. The molecule has 0 fully saturated rings. The summed E-state index contributed by atoms with van der Waals surface area (Å²) in [6.45, 7) is 7.66. The van der Waals surface area contributed by atoms with Crippen molar-refractivity contribution in [3.05, 3.63) is 35.1 Å². The highest BCUT2D eigenvalue weighted by atomic mass is 19.1. The van der Waals surface area contributed by atoms with Crippen LogP contribution in [-0.4, -0.2) is 17.5 Å². The summed E-state index contributed by atoms with van der Waals surface area (Å²) in [5.41, 5.74) is 0.413. The minimum atomic E-state index is -0.444. The molecule has 0 aromatic heterocycles. The Morgan fingerprint density at radius 2 is 2.10 bits per heavy atom. The van der Waals surface area contributed by atoms with Gasteiger partial charge in [-0.3, -0.25) is 4.79 Å². The highest BCUT2D eigenvalue weighted by Crippen LogP contribution is 2.10. The highest BCUT2D eigenvalue weighted by molar-refractivity contribution is 5.81. The first kappa shape index (κ1) is 16.1. The van der Waals surface area contributed by atoms with Gasteiger partial charge in [0.25, 0.3) is 0 Å². The maximum Gasteiger partial charge on any atom is 0.237 e. The van der Waals surface area contributed by atoms with Crippen molar-refractivity contribution < 1.29 is 9.18 Å². The van der Waals surface area contributed by atoms with Crippen LogP contribution in [-0.2, 0) is 11.3 Å². The Labute approximate surface area is 119 Å². The van der Waals surface area contributed by atoms with Gasteiger partial charge >= 0.3 is 0 Å². The van der Waals surface area contributed by atoms with E-state index in [9.17, 15) is 9.18 Å². The van der Waals surface area contributed by atoms with Gasteiger partial charge in [0.15, 0.2) is 0 Å².